The highest BCUT2D eigenvalue weighted by atomic mass is 19.4. The van der Waals surface area contributed by atoms with Crippen LogP contribution in [-0.2, 0) is 23.9 Å². The molecule has 0 aliphatic heterocycles. The van der Waals surface area contributed by atoms with Gasteiger partial charge in [-0.25, -0.2) is 4.79 Å². The maximum Gasteiger partial charge on any atom is 0.423 e. The minimum absolute atomic E-state index is 0.292. The summed E-state index contributed by atoms with van der Waals surface area (Å²) < 4.78 is 46.8. The standard InChI is InChI=1S/C13H19F3N2O5/c1-7(2)23-12(21)9(5-4-8(19)6-17)18-11(20)10(22-3)13(14,15)16/h6-7,9-10,17H,4-5H2,1-3H3,(H,18,20)/t9-,10-/m0/s1. The van der Waals surface area contributed by atoms with E-state index in [9.17, 15) is 27.6 Å². The molecule has 0 saturated carbocycles. The fourth-order valence-corrected chi connectivity index (χ4v) is 1.56. The first-order valence-corrected chi connectivity index (χ1v) is 6.66. The summed E-state index contributed by atoms with van der Waals surface area (Å²) in [6.07, 6.45) is -8.32. The Labute approximate surface area is 131 Å². The third-order valence-corrected chi connectivity index (χ3v) is 2.56. The molecule has 23 heavy (non-hydrogen) atoms. The van der Waals surface area contributed by atoms with Gasteiger partial charge < -0.3 is 20.2 Å². The van der Waals surface area contributed by atoms with Crippen molar-refractivity contribution >= 4 is 23.9 Å². The zero-order chi connectivity index (χ0) is 18.2. The SMILES string of the molecule is CO[C@@H](C(=O)N[C@@H](CCC(=O)C=N)C(=O)OC(C)C)C(F)(F)F. The number of halogens is 3. The Kier molecular flexibility index (Phi) is 8.44. The summed E-state index contributed by atoms with van der Waals surface area (Å²) in [6.45, 7) is 3.04. The summed E-state index contributed by atoms with van der Waals surface area (Å²) in [5, 5.41) is 8.62. The maximum absolute atomic E-state index is 12.6. The lowest BCUT2D eigenvalue weighted by Gasteiger charge is -2.23. The molecule has 0 radical (unpaired) electrons. The van der Waals surface area contributed by atoms with E-state index >= 15 is 0 Å². The number of amides is 1. The molecule has 10 heteroatoms. The van der Waals surface area contributed by atoms with Crippen molar-refractivity contribution in [2.24, 2.45) is 0 Å². The van der Waals surface area contributed by atoms with Gasteiger partial charge in [-0.2, -0.15) is 13.2 Å². The Morgan fingerprint density at radius 3 is 2.22 bits per heavy atom. The maximum atomic E-state index is 12.6. The Bertz CT molecular complexity index is 451. The molecule has 0 aromatic rings. The zero-order valence-electron chi connectivity index (χ0n) is 12.9. The van der Waals surface area contributed by atoms with E-state index in [1.165, 1.54) is 13.8 Å². The van der Waals surface area contributed by atoms with E-state index in [1.54, 1.807) is 0 Å². The van der Waals surface area contributed by atoms with Gasteiger partial charge in [0.2, 0.25) is 6.10 Å². The third kappa shape index (κ3) is 7.73. The van der Waals surface area contributed by atoms with Crippen LogP contribution >= 0.6 is 0 Å². The van der Waals surface area contributed by atoms with Crippen molar-refractivity contribution in [3.05, 3.63) is 0 Å². The molecule has 0 saturated heterocycles. The number of esters is 1. The second-order valence-corrected chi connectivity index (χ2v) is 4.85. The van der Waals surface area contributed by atoms with Crippen LogP contribution < -0.4 is 5.32 Å². The van der Waals surface area contributed by atoms with E-state index in [0.29, 0.717) is 13.3 Å². The van der Waals surface area contributed by atoms with Crippen LogP contribution in [-0.4, -0.2) is 55.4 Å². The Morgan fingerprint density at radius 2 is 1.83 bits per heavy atom. The molecule has 2 atom stereocenters. The van der Waals surface area contributed by atoms with Gasteiger partial charge in [-0.05, 0) is 20.3 Å². The fraction of sp³-hybridized carbons (Fsp3) is 0.692. The summed E-state index contributed by atoms with van der Waals surface area (Å²) in [4.78, 5) is 34.5. The number of hydrogen-bond acceptors (Lipinski definition) is 6. The molecule has 0 spiro atoms. The Balaban J connectivity index is 5.04. The predicted molar refractivity (Wildman–Crippen MR) is 73.0 cm³/mol. The molecule has 132 valence electrons. The smallest absolute Gasteiger partial charge is 0.423 e. The van der Waals surface area contributed by atoms with E-state index < -0.39 is 42.1 Å². The number of Topliss-reactive ketones (excluding diaryl/α,β-unsaturated/α-hetero) is 1. The topological polar surface area (TPSA) is 106 Å². The first-order chi connectivity index (χ1) is 10.5. The number of alkyl halides is 3. The summed E-state index contributed by atoms with van der Waals surface area (Å²) >= 11 is 0. The predicted octanol–water partition coefficient (Wildman–Crippen LogP) is 0.999. The summed E-state index contributed by atoms with van der Waals surface area (Å²) in [7, 11) is 0.706. The number of hydrogen-bond donors (Lipinski definition) is 2. The monoisotopic (exact) mass is 340 g/mol. The van der Waals surface area contributed by atoms with Gasteiger partial charge in [-0.15, -0.1) is 0 Å². The molecule has 0 heterocycles. The van der Waals surface area contributed by atoms with E-state index in [0.717, 1.165) is 0 Å². The van der Waals surface area contributed by atoms with Crippen LogP contribution in [0.4, 0.5) is 13.2 Å². The van der Waals surface area contributed by atoms with Crippen molar-refractivity contribution < 1.29 is 37.0 Å². The normalized spacial score (nSPS) is 14.0. The molecule has 0 aromatic heterocycles. The first kappa shape index (κ1) is 21.0. The minimum Gasteiger partial charge on any atom is -0.461 e. The third-order valence-electron chi connectivity index (χ3n) is 2.56. The molecule has 0 aliphatic carbocycles. The van der Waals surface area contributed by atoms with Crippen molar-refractivity contribution in [2.75, 3.05) is 7.11 Å². The van der Waals surface area contributed by atoms with Crippen LogP contribution in [0.5, 0.6) is 0 Å². The van der Waals surface area contributed by atoms with Crippen molar-refractivity contribution in [1.29, 1.82) is 5.41 Å². The first-order valence-electron chi connectivity index (χ1n) is 6.66. The zero-order valence-corrected chi connectivity index (χ0v) is 12.9. The largest absolute Gasteiger partial charge is 0.461 e. The molecule has 0 bridgehead atoms. The Morgan fingerprint density at radius 1 is 1.26 bits per heavy atom. The van der Waals surface area contributed by atoms with Gasteiger partial charge >= 0.3 is 12.1 Å². The molecule has 0 fully saturated rings. The van der Waals surface area contributed by atoms with Crippen LogP contribution in [0.2, 0.25) is 0 Å². The van der Waals surface area contributed by atoms with Gasteiger partial charge in [0.15, 0.2) is 5.78 Å². The summed E-state index contributed by atoms with van der Waals surface area (Å²) in [5.74, 6) is -3.17. The lowest BCUT2D eigenvalue weighted by atomic mass is 10.1. The molecule has 7 nitrogen and oxygen atoms in total. The molecule has 0 rings (SSSR count). The number of methoxy groups -OCH3 is 1. The highest BCUT2D eigenvalue weighted by Crippen LogP contribution is 2.22. The minimum atomic E-state index is -4.95. The summed E-state index contributed by atoms with van der Waals surface area (Å²) in [5.41, 5.74) is 0. The molecular weight excluding hydrogens is 321 g/mol. The van der Waals surface area contributed by atoms with Crippen LogP contribution in [0.1, 0.15) is 26.7 Å². The number of nitrogens with one attached hydrogen (secondary N) is 2. The highest BCUT2D eigenvalue weighted by Gasteiger charge is 2.46. The molecule has 0 aromatic carbocycles. The van der Waals surface area contributed by atoms with Gasteiger partial charge in [-0.3, -0.25) is 9.59 Å². The van der Waals surface area contributed by atoms with Gasteiger partial charge in [0.05, 0.1) is 12.3 Å². The fourth-order valence-electron chi connectivity index (χ4n) is 1.56. The van der Waals surface area contributed by atoms with Crippen LogP contribution in [0.15, 0.2) is 0 Å². The number of ether oxygens (including phenoxy) is 2. The number of ketones is 1. The Hall–Kier alpha value is -1.97. The second-order valence-electron chi connectivity index (χ2n) is 4.85. The number of carbonyl (C=O) groups is 3. The lowest BCUT2D eigenvalue weighted by molar-refractivity contribution is -0.212. The molecule has 1 amide bonds. The van der Waals surface area contributed by atoms with Gasteiger partial charge in [-0.1, -0.05) is 0 Å². The molecule has 0 aliphatic rings. The van der Waals surface area contributed by atoms with Crippen molar-refractivity contribution in [3.8, 4) is 0 Å². The molecule has 2 N–H and O–H groups in total. The van der Waals surface area contributed by atoms with Gasteiger partial charge in [0.25, 0.3) is 5.91 Å². The van der Waals surface area contributed by atoms with Gasteiger partial charge in [0.1, 0.15) is 6.04 Å². The highest BCUT2D eigenvalue weighted by molar-refractivity contribution is 6.26. The molecular formula is C13H19F3N2O5. The number of rotatable bonds is 9. The average molecular weight is 340 g/mol. The summed E-state index contributed by atoms with van der Waals surface area (Å²) in [6, 6.07) is -1.45. The van der Waals surface area contributed by atoms with Gasteiger partial charge in [0, 0.05) is 13.5 Å². The number of carbonyl (C=O) groups excluding carboxylic acids is 3. The van der Waals surface area contributed by atoms with Crippen molar-refractivity contribution in [2.45, 2.75) is 51.1 Å². The van der Waals surface area contributed by atoms with Crippen molar-refractivity contribution in [1.82, 2.24) is 5.32 Å². The lowest BCUT2D eigenvalue weighted by Crippen LogP contribution is -2.51. The molecule has 0 unspecified atom stereocenters. The van der Waals surface area contributed by atoms with E-state index in [-0.39, 0.29) is 12.8 Å². The van der Waals surface area contributed by atoms with Crippen LogP contribution in [0, 0.1) is 5.41 Å². The van der Waals surface area contributed by atoms with E-state index in [2.05, 4.69) is 4.74 Å². The van der Waals surface area contributed by atoms with Crippen LogP contribution in [0.25, 0.3) is 0 Å². The quantitative estimate of drug-likeness (QED) is 0.481. The van der Waals surface area contributed by atoms with E-state index in [4.69, 9.17) is 10.1 Å². The van der Waals surface area contributed by atoms with E-state index in [1.807, 2.05) is 5.32 Å². The van der Waals surface area contributed by atoms with Crippen molar-refractivity contribution in [3.63, 3.8) is 0 Å². The average Bonchev–Trinajstić information content (AvgIpc) is 2.41. The van der Waals surface area contributed by atoms with Crippen LogP contribution in [0.3, 0.4) is 0 Å². The second kappa shape index (κ2) is 9.23.